The highest BCUT2D eigenvalue weighted by Gasteiger charge is 2.25. The molecular weight excluding hydrogens is 771 g/mol. The largest absolute Gasteiger partial charge is 0.452 e. The van der Waals surface area contributed by atoms with Crippen LogP contribution in [0.1, 0.15) is 0 Å². The molecule has 0 amide bonds. The van der Waals surface area contributed by atoms with E-state index >= 15 is 0 Å². The molecule has 0 aliphatic heterocycles. The summed E-state index contributed by atoms with van der Waals surface area (Å²) in [4.78, 5) is 15.5. The maximum atomic E-state index is 7.43. The third kappa shape index (κ3) is 5.48. The second kappa shape index (κ2) is 14.0. The molecule has 0 aliphatic rings. The standard InChI is InChI=1S/C57H35N5O/c1-4-17-36(18-5-1)39-31-33-49-45(35-39)42-25-12-15-29-48(42)62(49)50-30-16-26-43-52-44(57-59-55(37-19-6-2-7-20-37)58-56(60-57)38-21-8-3-9-22-38)32-34-51(54(52)63-53(43)50)61-46-27-13-10-23-40(46)41-24-11-14-28-47(41)61/h1-35H. The van der Waals surface area contributed by atoms with Gasteiger partial charge >= 0.3 is 0 Å². The Labute approximate surface area is 361 Å². The summed E-state index contributed by atoms with van der Waals surface area (Å²) in [6.45, 7) is 0. The average Bonchev–Trinajstić information content (AvgIpc) is 4.03. The average molecular weight is 806 g/mol. The Bertz CT molecular complexity index is 3790. The van der Waals surface area contributed by atoms with E-state index in [2.05, 4.69) is 161 Å². The third-order valence-electron chi connectivity index (χ3n) is 12.4. The molecule has 63 heavy (non-hydrogen) atoms. The maximum absolute atomic E-state index is 7.43. The lowest BCUT2D eigenvalue weighted by Gasteiger charge is -2.12. The number of nitrogens with zero attached hydrogens (tertiary/aromatic N) is 5. The summed E-state index contributed by atoms with van der Waals surface area (Å²) in [6.07, 6.45) is 0. The van der Waals surface area contributed by atoms with E-state index in [4.69, 9.17) is 19.4 Å². The van der Waals surface area contributed by atoms with Crippen molar-refractivity contribution in [3.8, 4) is 56.7 Å². The molecule has 0 spiro atoms. The first-order chi connectivity index (χ1) is 31.3. The molecule has 13 aromatic rings. The second-order valence-electron chi connectivity index (χ2n) is 16.0. The van der Waals surface area contributed by atoms with Crippen LogP contribution >= 0.6 is 0 Å². The molecule has 4 aromatic heterocycles. The topological polar surface area (TPSA) is 61.7 Å². The van der Waals surface area contributed by atoms with E-state index in [1.165, 1.54) is 32.7 Å². The fourth-order valence-corrected chi connectivity index (χ4v) is 9.57. The summed E-state index contributed by atoms with van der Waals surface area (Å²) in [7, 11) is 0. The minimum atomic E-state index is 0.569. The minimum absolute atomic E-state index is 0.569. The Hall–Kier alpha value is -8.61. The van der Waals surface area contributed by atoms with Gasteiger partial charge < -0.3 is 13.6 Å². The molecular formula is C57H35N5O. The Morgan fingerprint density at radius 2 is 0.762 bits per heavy atom. The Morgan fingerprint density at radius 3 is 1.35 bits per heavy atom. The van der Waals surface area contributed by atoms with Crippen molar-refractivity contribution in [1.29, 1.82) is 0 Å². The zero-order valence-corrected chi connectivity index (χ0v) is 33.9. The van der Waals surface area contributed by atoms with Gasteiger partial charge in [0.2, 0.25) is 0 Å². The van der Waals surface area contributed by atoms with E-state index in [9.17, 15) is 0 Å². The van der Waals surface area contributed by atoms with Crippen LogP contribution in [0.5, 0.6) is 0 Å². The Morgan fingerprint density at radius 1 is 0.302 bits per heavy atom. The summed E-state index contributed by atoms with van der Waals surface area (Å²) in [5, 5.41) is 6.62. The number of para-hydroxylation sites is 4. The molecule has 0 bridgehead atoms. The first-order valence-electron chi connectivity index (χ1n) is 21.2. The number of aromatic nitrogens is 5. The number of furan rings is 1. The van der Waals surface area contributed by atoms with Crippen molar-refractivity contribution < 1.29 is 4.42 Å². The molecule has 294 valence electrons. The lowest BCUT2D eigenvalue weighted by molar-refractivity contribution is 0.664. The number of hydrogen-bond donors (Lipinski definition) is 0. The van der Waals surface area contributed by atoms with Crippen LogP contribution in [0.25, 0.3) is 122 Å². The monoisotopic (exact) mass is 805 g/mol. The van der Waals surface area contributed by atoms with Crippen molar-refractivity contribution in [2.75, 3.05) is 0 Å². The van der Waals surface area contributed by atoms with Crippen LogP contribution < -0.4 is 0 Å². The van der Waals surface area contributed by atoms with Crippen molar-refractivity contribution >= 4 is 65.6 Å². The van der Waals surface area contributed by atoms with E-state index in [0.29, 0.717) is 17.5 Å². The fourth-order valence-electron chi connectivity index (χ4n) is 9.57. The highest BCUT2D eigenvalue weighted by Crippen LogP contribution is 2.45. The van der Waals surface area contributed by atoms with Crippen molar-refractivity contribution in [2.24, 2.45) is 0 Å². The van der Waals surface area contributed by atoms with Gasteiger partial charge in [0.25, 0.3) is 0 Å². The van der Waals surface area contributed by atoms with Crippen LogP contribution in [0, 0.1) is 0 Å². The predicted octanol–water partition coefficient (Wildman–Crippen LogP) is 14.6. The van der Waals surface area contributed by atoms with Crippen molar-refractivity contribution in [2.45, 2.75) is 0 Å². The van der Waals surface area contributed by atoms with Gasteiger partial charge in [0.15, 0.2) is 28.6 Å². The molecule has 6 heteroatoms. The van der Waals surface area contributed by atoms with Crippen LogP contribution in [-0.2, 0) is 0 Å². The molecule has 0 atom stereocenters. The van der Waals surface area contributed by atoms with Gasteiger partial charge in [-0.3, -0.25) is 0 Å². The Balaban J connectivity index is 1.14. The van der Waals surface area contributed by atoms with Crippen LogP contribution in [0.3, 0.4) is 0 Å². The highest BCUT2D eigenvalue weighted by atomic mass is 16.3. The van der Waals surface area contributed by atoms with E-state index in [0.717, 1.165) is 72.1 Å². The van der Waals surface area contributed by atoms with Crippen LogP contribution in [0.4, 0.5) is 0 Å². The fraction of sp³-hybridized carbons (Fsp3) is 0. The van der Waals surface area contributed by atoms with E-state index in [1.54, 1.807) is 0 Å². The molecule has 0 unspecified atom stereocenters. The molecule has 0 saturated carbocycles. The van der Waals surface area contributed by atoms with Gasteiger partial charge in [0, 0.05) is 49.0 Å². The summed E-state index contributed by atoms with van der Waals surface area (Å²) < 4.78 is 12.1. The van der Waals surface area contributed by atoms with Gasteiger partial charge in [-0.2, -0.15) is 0 Å². The quantitative estimate of drug-likeness (QED) is 0.168. The SMILES string of the molecule is c1ccc(-c2ccc3c(c2)c2ccccc2n3-c2cccc3c2oc2c(-n4c5ccccc5c5ccccc54)ccc(-c4nc(-c5ccccc5)nc(-c5ccccc5)n4)c23)cc1. The van der Waals surface area contributed by atoms with Gasteiger partial charge in [0.05, 0.1) is 33.4 Å². The van der Waals surface area contributed by atoms with Crippen LogP contribution in [0.2, 0.25) is 0 Å². The third-order valence-corrected chi connectivity index (χ3v) is 12.4. The lowest BCUT2D eigenvalue weighted by Crippen LogP contribution is -2.01. The minimum Gasteiger partial charge on any atom is -0.452 e. The molecule has 6 nitrogen and oxygen atoms in total. The lowest BCUT2D eigenvalue weighted by atomic mass is 10.0. The number of hydrogen-bond acceptors (Lipinski definition) is 4. The van der Waals surface area contributed by atoms with Crippen LogP contribution in [0.15, 0.2) is 217 Å². The van der Waals surface area contributed by atoms with Crippen molar-refractivity contribution in [1.82, 2.24) is 24.1 Å². The Kier molecular flexibility index (Phi) is 7.80. The summed E-state index contributed by atoms with van der Waals surface area (Å²) >= 11 is 0. The summed E-state index contributed by atoms with van der Waals surface area (Å²) in [5.41, 5.74) is 12.9. The zero-order valence-electron chi connectivity index (χ0n) is 33.9. The van der Waals surface area contributed by atoms with E-state index in [-0.39, 0.29) is 0 Å². The number of fused-ring (bicyclic) bond motifs is 9. The van der Waals surface area contributed by atoms with Crippen molar-refractivity contribution in [3.05, 3.63) is 212 Å². The molecule has 0 saturated heterocycles. The van der Waals surface area contributed by atoms with Crippen molar-refractivity contribution in [3.63, 3.8) is 0 Å². The molecule has 0 aliphatic carbocycles. The van der Waals surface area contributed by atoms with E-state index < -0.39 is 0 Å². The summed E-state index contributed by atoms with van der Waals surface area (Å²) in [6, 6.07) is 74.3. The molecule has 0 N–H and O–H groups in total. The second-order valence-corrected chi connectivity index (χ2v) is 16.0. The molecule has 9 aromatic carbocycles. The smallest absolute Gasteiger partial charge is 0.164 e. The first-order valence-corrected chi connectivity index (χ1v) is 21.2. The molecule has 13 rings (SSSR count). The number of rotatable bonds is 6. The van der Waals surface area contributed by atoms with Crippen LogP contribution in [-0.4, -0.2) is 24.1 Å². The maximum Gasteiger partial charge on any atom is 0.164 e. The molecule has 0 radical (unpaired) electrons. The highest BCUT2D eigenvalue weighted by molar-refractivity contribution is 6.19. The first kappa shape index (κ1) is 35.2. The number of benzene rings is 9. The normalized spacial score (nSPS) is 11.8. The van der Waals surface area contributed by atoms with Gasteiger partial charge in [-0.1, -0.05) is 164 Å². The predicted molar refractivity (Wildman–Crippen MR) is 258 cm³/mol. The molecule has 4 heterocycles. The zero-order chi connectivity index (χ0) is 41.4. The van der Waals surface area contributed by atoms with Gasteiger partial charge in [-0.05, 0) is 59.7 Å². The molecule has 0 fully saturated rings. The summed E-state index contributed by atoms with van der Waals surface area (Å²) in [5.74, 6) is 1.78. The van der Waals surface area contributed by atoms with Gasteiger partial charge in [-0.15, -0.1) is 0 Å². The van der Waals surface area contributed by atoms with Gasteiger partial charge in [-0.25, -0.2) is 15.0 Å². The van der Waals surface area contributed by atoms with Gasteiger partial charge in [0.1, 0.15) is 0 Å². The van der Waals surface area contributed by atoms with E-state index in [1.807, 2.05) is 60.7 Å².